The third kappa shape index (κ3) is 3.29. The topological polar surface area (TPSA) is 46.4 Å². The number of benzene rings is 1. The fourth-order valence-corrected chi connectivity index (χ4v) is 2.98. The molecule has 0 radical (unpaired) electrons. The normalized spacial score (nSPS) is 11.7. The maximum absolute atomic E-state index is 12.9. The highest BCUT2D eigenvalue weighted by atomic mass is 16.2. The highest BCUT2D eigenvalue weighted by molar-refractivity contribution is 6.04. The van der Waals surface area contributed by atoms with Gasteiger partial charge in [-0.3, -0.25) is 9.20 Å². The lowest BCUT2D eigenvalue weighted by Crippen LogP contribution is -2.17. The highest BCUT2D eigenvalue weighted by Gasteiger charge is 2.19. The van der Waals surface area contributed by atoms with E-state index in [1.807, 2.05) is 48.7 Å². The van der Waals surface area contributed by atoms with E-state index in [9.17, 15) is 4.79 Å². The number of aryl methyl sites for hydroxylation is 2. The Labute approximate surface area is 148 Å². The van der Waals surface area contributed by atoms with E-state index in [4.69, 9.17) is 0 Å². The van der Waals surface area contributed by atoms with Gasteiger partial charge in [0.2, 0.25) is 0 Å². The summed E-state index contributed by atoms with van der Waals surface area (Å²) in [5.41, 5.74) is 5.46. The molecule has 1 aromatic carbocycles. The van der Waals surface area contributed by atoms with Gasteiger partial charge in [-0.25, -0.2) is 4.98 Å². The van der Waals surface area contributed by atoms with E-state index in [2.05, 4.69) is 43.2 Å². The number of nitrogens with zero attached hydrogens (tertiary/aromatic N) is 2. The Kier molecular flexibility index (Phi) is 4.38. The minimum absolute atomic E-state index is 0.0943. The lowest BCUT2D eigenvalue weighted by molar-refractivity contribution is 0.102. The van der Waals surface area contributed by atoms with Crippen LogP contribution in [0, 0.1) is 6.92 Å². The molecule has 0 fully saturated rings. The molecule has 0 spiro atoms. The smallest absolute Gasteiger partial charge is 0.274 e. The lowest BCUT2D eigenvalue weighted by Gasteiger charge is -2.19. The highest BCUT2D eigenvalue weighted by Crippen LogP contribution is 2.24. The van der Waals surface area contributed by atoms with Crippen LogP contribution in [0.2, 0.25) is 0 Å². The fourth-order valence-electron chi connectivity index (χ4n) is 2.98. The van der Waals surface area contributed by atoms with E-state index in [0.29, 0.717) is 12.1 Å². The summed E-state index contributed by atoms with van der Waals surface area (Å²) in [6.07, 6.45) is 2.61. The molecule has 0 unspecified atom stereocenters. The maximum atomic E-state index is 12.9. The van der Waals surface area contributed by atoms with Crippen LogP contribution >= 0.6 is 0 Å². The lowest BCUT2D eigenvalue weighted by atomic mass is 9.87. The number of nitrogens with one attached hydrogen (secondary N) is 1. The van der Waals surface area contributed by atoms with Crippen molar-refractivity contribution in [3.8, 4) is 0 Å². The molecule has 25 heavy (non-hydrogen) atoms. The van der Waals surface area contributed by atoms with Crippen LogP contribution in [0.15, 0.2) is 42.6 Å². The number of amides is 1. The number of pyridine rings is 1. The predicted molar refractivity (Wildman–Crippen MR) is 102 cm³/mol. The summed E-state index contributed by atoms with van der Waals surface area (Å²) in [6, 6.07) is 12.0. The average Bonchev–Trinajstić information content (AvgIpc) is 2.94. The van der Waals surface area contributed by atoms with Crippen LogP contribution in [-0.2, 0) is 11.8 Å². The molecular weight excluding hydrogens is 310 g/mol. The molecule has 0 saturated heterocycles. The van der Waals surface area contributed by atoms with Gasteiger partial charge in [0.15, 0.2) is 0 Å². The van der Waals surface area contributed by atoms with Gasteiger partial charge in [0.25, 0.3) is 5.91 Å². The summed E-state index contributed by atoms with van der Waals surface area (Å²) >= 11 is 0. The van der Waals surface area contributed by atoms with Gasteiger partial charge in [-0.2, -0.15) is 0 Å². The fraction of sp³-hybridized carbons (Fsp3) is 0.333. The first kappa shape index (κ1) is 17.2. The zero-order chi connectivity index (χ0) is 18.2. The van der Waals surface area contributed by atoms with Gasteiger partial charge in [0.1, 0.15) is 11.3 Å². The van der Waals surface area contributed by atoms with Crippen LogP contribution in [0.25, 0.3) is 5.65 Å². The molecular formula is C21H25N3O. The van der Waals surface area contributed by atoms with Crippen molar-refractivity contribution in [2.75, 3.05) is 5.32 Å². The molecule has 0 atom stereocenters. The summed E-state index contributed by atoms with van der Waals surface area (Å²) in [6.45, 7) is 10.6. The van der Waals surface area contributed by atoms with Gasteiger partial charge in [-0.15, -0.1) is 0 Å². The van der Waals surface area contributed by atoms with Crippen molar-refractivity contribution < 1.29 is 4.79 Å². The largest absolute Gasteiger partial charge is 0.321 e. The molecule has 2 heterocycles. The maximum Gasteiger partial charge on any atom is 0.274 e. The van der Waals surface area contributed by atoms with E-state index in [-0.39, 0.29) is 11.3 Å². The molecule has 3 aromatic rings. The summed E-state index contributed by atoms with van der Waals surface area (Å²) < 4.78 is 1.88. The molecule has 2 aromatic heterocycles. The number of carbonyl (C=O) groups is 1. The summed E-state index contributed by atoms with van der Waals surface area (Å²) in [4.78, 5) is 17.5. The van der Waals surface area contributed by atoms with Crippen LogP contribution in [0.4, 0.5) is 5.69 Å². The molecule has 4 heteroatoms. The van der Waals surface area contributed by atoms with Crippen molar-refractivity contribution in [1.29, 1.82) is 0 Å². The van der Waals surface area contributed by atoms with Crippen LogP contribution < -0.4 is 5.32 Å². The number of hydrogen-bond acceptors (Lipinski definition) is 2. The van der Waals surface area contributed by atoms with Gasteiger partial charge in [0, 0.05) is 11.9 Å². The Bertz CT molecular complexity index is 915. The predicted octanol–water partition coefficient (Wildman–Crippen LogP) is 4.75. The van der Waals surface area contributed by atoms with Crippen LogP contribution in [0.1, 0.15) is 55.0 Å². The van der Waals surface area contributed by atoms with Crippen molar-refractivity contribution in [3.05, 3.63) is 65.1 Å². The summed E-state index contributed by atoms with van der Waals surface area (Å²) in [7, 11) is 0. The Balaban J connectivity index is 1.94. The number of hydrogen-bond donors (Lipinski definition) is 1. The third-order valence-corrected chi connectivity index (χ3v) is 4.48. The second kappa shape index (κ2) is 6.36. The summed E-state index contributed by atoms with van der Waals surface area (Å²) in [5.74, 6) is -0.126. The van der Waals surface area contributed by atoms with Gasteiger partial charge in [0.05, 0.1) is 5.69 Å². The van der Waals surface area contributed by atoms with Crippen molar-refractivity contribution in [1.82, 2.24) is 9.38 Å². The number of imidazole rings is 1. The second-order valence-corrected chi connectivity index (χ2v) is 7.43. The van der Waals surface area contributed by atoms with E-state index < -0.39 is 0 Å². The van der Waals surface area contributed by atoms with Crippen LogP contribution in [0.3, 0.4) is 0 Å². The van der Waals surface area contributed by atoms with Crippen LogP contribution in [0.5, 0.6) is 0 Å². The first-order valence-corrected chi connectivity index (χ1v) is 8.69. The summed E-state index contributed by atoms with van der Waals surface area (Å²) in [5, 5.41) is 3.01. The van der Waals surface area contributed by atoms with E-state index in [1.54, 1.807) is 0 Å². The molecule has 0 bridgehead atoms. The van der Waals surface area contributed by atoms with E-state index in [0.717, 1.165) is 22.6 Å². The Morgan fingerprint density at radius 1 is 1.16 bits per heavy atom. The minimum Gasteiger partial charge on any atom is -0.321 e. The van der Waals surface area contributed by atoms with Crippen molar-refractivity contribution in [2.24, 2.45) is 0 Å². The van der Waals surface area contributed by atoms with Gasteiger partial charge in [-0.1, -0.05) is 45.9 Å². The zero-order valence-corrected chi connectivity index (χ0v) is 15.6. The standard InChI is InChI=1S/C21H25N3O/c1-6-17-18(24-13-7-8-14(2)19(24)23-17)20(25)22-16-11-9-15(10-12-16)21(3,4)5/h7-13H,6H2,1-5H3,(H,22,25). The molecule has 0 aliphatic carbocycles. The van der Waals surface area contributed by atoms with E-state index >= 15 is 0 Å². The Hall–Kier alpha value is -2.62. The number of anilines is 1. The second-order valence-electron chi connectivity index (χ2n) is 7.43. The molecule has 0 saturated carbocycles. The third-order valence-electron chi connectivity index (χ3n) is 4.48. The molecule has 130 valence electrons. The monoisotopic (exact) mass is 335 g/mol. The molecule has 0 aliphatic heterocycles. The molecule has 1 N–H and O–H groups in total. The quantitative estimate of drug-likeness (QED) is 0.750. The molecule has 1 amide bonds. The molecule has 0 aliphatic rings. The number of rotatable bonds is 3. The average molecular weight is 335 g/mol. The van der Waals surface area contributed by atoms with Gasteiger partial charge in [-0.05, 0) is 48.1 Å². The van der Waals surface area contributed by atoms with E-state index in [1.165, 1.54) is 5.56 Å². The Morgan fingerprint density at radius 3 is 2.44 bits per heavy atom. The Morgan fingerprint density at radius 2 is 1.84 bits per heavy atom. The minimum atomic E-state index is -0.126. The molecule has 3 rings (SSSR count). The number of carbonyl (C=O) groups excluding carboxylic acids is 1. The zero-order valence-electron chi connectivity index (χ0n) is 15.6. The van der Waals surface area contributed by atoms with Crippen molar-refractivity contribution >= 4 is 17.2 Å². The van der Waals surface area contributed by atoms with Crippen molar-refractivity contribution in [2.45, 2.75) is 46.5 Å². The van der Waals surface area contributed by atoms with Gasteiger partial charge >= 0.3 is 0 Å². The number of aromatic nitrogens is 2. The van der Waals surface area contributed by atoms with Crippen LogP contribution in [-0.4, -0.2) is 15.3 Å². The van der Waals surface area contributed by atoms with Gasteiger partial charge < -0.3 is 5.32 Å². The number of fused-ring (bicyclic) bond motifs is 1. The first-order chi connectivity index (χ1) is 11.8. The SMILES string of the molecule is CCc1nc2c(C)cccn2c1C(=O)Nc1ccc(C(C)(C)C)cc1. The molecule has 4 nitrogen and oxygen atoms in total. The van der Waals surface area contributed by atoms with Crippen molar-refractivity contribution in [3.63, 3.8) is 0 Å². The first-order valence-electron chi connectivity index (χ1n) is 8.69.